The molecule has 1 rings (SSSR count). The number of nitro groups is 1. The number of amides is 1. The summed E-state index contributed by atoms with van der Waals surface area (Å²) >= 11 is 5.91. The van der Waals surface area contributed by atoms with Crippen molar-refractivity contribution in [3.63, 3.8) is 0 Å². The van der Waals surface area contributed by atoms with E-state index >= 15 is 0 Å². The van der Waals surface area contributed by atoms with Gasteiger partial charge < -0.3 is 9.80 Å². The van der Waals surface area contributed by atoms with Gasteiger partial charge >= 0.3 is 0 Å². The molecular formula is C12H16ClN3O3. The number of nitrogens with zero attached hydrogens (tertiary/aromatic N) is 3. The topological polar surface area (TPSA) is 66.7 Å². The highest BCUT2D eigenvalue weighted by atomic mass is 35.5. The molecule has 0 saturated carbocycles. The molecule has 0 aliphatic heterocycles. The van der Waals surface area contributed by atoms with Crippen LogP contribution in [0.15, 0.2) is 18.2 Å². The van der Waals surface area contributed by atoms with E-state index in [0.29, 0.717) is 13.1 Å². The smallest absolute Gasteiger partial charge is 0.288 e. The molecule has 0 bridgehead atoms. The van der Waals surface area contributed by atoms with Gasteiger partial charge in [0.15, 0.2) is 0 Å². The molecule has 0 aromatic heterocycles. The number of benzene rings is 1. The third-order valence-corrected chi connectivity index (χ3v) is 3.03. The van der Waals surface area contributed by atoms with Crippen LogP contribution in [0.4, 0.5) is 5.69 Å². The first-order valence-electron chi connectivity index (χ1n) is 5.67. The van der Waals surface area contributed by atoms with Crippen LogP contribution in [0.3, 0.4) is 0 Å². The molecule has 1 amide bonds. The van der Waals surface area contributed by atoms with Crippen LogP contribution >= 0.6 is 11.6 Å². The third-order valence-electron chi connectivity index (χ3n) is 2.63. The van der Waals surface area contributed by atoms with Crippen molar-refractivity contribution < 1.29 is 9.72 Å². The molecule has 0 aliphatic carbocycles. The van der Waals surface area contributed by atoms with Crippen molar-refractivity contribution in [1.29, 1.82) is 0 Å². The van der Waals surface area contributed by atoms with Gasteiger partial charge in [0.1, 0.15) is 5.02 Å². The number of nitro benzene ring substituents is 1. The number of hydrogen-bond acceptors (Lipinski definition) is 4. The highest BCUT2D eigenvalue weighted by Crippen LogP contribution is 2.28. The number of halogens is 1. The molecule has 1 aromatic rings. The Morgan fingerprint density at radius 3 is 2.47 bits per heavy atom. The molecule has 0 spiro atoms. The summed E-state index contributed by atoms with van der Waals surface area (Å²) in [5.41, 5.74) is -0.106. The fourth-order valence-electron chi connectivity index (χ4n) is 1.48. The molecule has 6 nitrogen and oxygen atoms in total. The van der Waals surface area contributed by atoms with E-state index in [1.165, 1.54) is 23.1 Å². The number of hydrogen-bond donors (Lipinski definition) is 0. The largest absolute Gasteiger partial charge is 0.340 e. The highest BCUT2D eigenvalue weighted by molar-refractivity contribution is 6.35. The Hall–Kier alpha value is -1.66. The molecule has 0 radical (unpaired) electrons. The summed E-state index contributed by atoms with van der Waals surface area (Å²) in [6, 6.07) is 4.22. The summed E-state index contributed by atoms with van der Waals surface area (Å²) < 4.78 is 0. The molecular weight excluding hydrogens is 270 g/mol. The maximum Gasteiger partial charge on any atom is 0.288 e. The molecule has 104 valence electrons. The van der Waals surface area contributed by atoms with Crippen molar-refractivity contribution >= 4 is 23.2 Å². The van der Waals surface area contributed by atoms with Gasteiger partial charge in [-0.3, -0.25) is 14.9 Å². The predicted octanol–water partition coefficient (Wildman–Crippen LogP) is 1.88. The van der Waals surface area contributed by atoms with E-state index in [1.54, 1.807) is 7.05 Å². The first-order valence-corrected chi connectivity index (χ1v) is 6.05. The zero-order valence-electron chi connectivity index (χ0n) is 11.1. The zero-order chi connectivity index (χ0) is 14.6. The van der Waals surface area contributed by atoms with Gasteiger partial charge in [-0.05, 0) is 20.2 Å². The SMILES string of the molecule is CN(C)CCN(C)C(=O)c1cccc([N+](=O)[O-])c1Cl. The lowest BCUT2D eigenvalue weighted by molar-refractivity contribution is -0.384. The van der Waals surface area contributed by atoms with E-state index in [1.807, 2.05) is 19.0 Å². The number of likely N-dealkylation sites (N-methyl/N-ethyl adjacent to an activating group) is 2. The molecule has 0 saturated heterocycles. The summed E-state index contributed by atoms with van der Waals surface area (Å²) in [6.45, 7) is 1.22. The minimum absolute atomic E-state index is 0.116. The zero-order valence-corrected chi connectivity index (χ0v) is 11.8. The third kappa shape index (κ3) is 3.90. The minimum atomic E-state index is -0.598. The maximum absolute atomic E-state index is 12.2. The Kier molecular flexibility index (Phi) is 5.26. The van der Waals surface area contributed by atoms with Gasteiger partial charge in [0.25, 0.3) is 11.6 Å². The minimum Gasteiger partial charge on any atom is -0.340 e. The number of rotatable bonds is 5. The first-order chi connectivity index (χ1) is 8.84. The van der Waals surface area contributed by atoms with Crippen LogP contribution < -0.4 is 0 Å². The van der Waals surface area contributed by atoms with Crippen LogP contribution in [-0.4, -0.2) is 54.9 Å². The summed E-state index contributed by atoms with van der Waals surface area (Å²) in [4.78, 5) is 25.8. The van der Waals surface area contributed by atoms with Gasteiger partial charge in [-0.1, -0.05) is 17.7 Å². The first kappa shape index (κ1) is 15.4. The second-order valence-corrected chi connectivity index (χ2v) is 4.80. The average molecular weight is 286 g/mol. The van der Waals surface area contributed by atoms with Crippen LogP contribution in [0.5, 0.6) is 0 Å². The molecule has 0 N–H and O–H groups in total. The maximum atomic E-state index is 12.2. The summed E-state index contributed by atoms with van der Waals surface area (Å²) in [5, 5.41) is 10.7. The molecule has 0 unspecified atom stereocenters. The molecule has 0 heterocycles. The Balaban J connectivity index is 2.94. The quantitative estimate of drug-likeness (QED) is 0.612. The summed E-state index contributed by atoms with van der Waals surface area (Å²) in [6.07, 6.45) is 0. The number of carbonyl (C=O) groups is 1. The van der Waals surface area contributed by atoms with E-state index in [9.17, 15) is 14.9 Å². The molecule has 19 heavy (non-hydrogen) atoms. The van der Waals surface area contributed by atoms with Gasteiger partial charge in [0.05, 0.1) is 10.5 Å². The standard InChI is InChI=1S/C12H16ClN3O3/c1-14(2)7-8-15(3)12(17)9-5-4-6-10(11(9)13)16(18)19/h4-6H,7-8H2,1-3H3. The van der Waals surface area contributed by atoms with E-state index in [2.05, 4.69) is 0 Å². The van der Waals surface area contributed by atoms with E-state index in [-0.39, 0.29) is 22.2 Å². The van der Waals surface area contributed by atoms with Crippen LogP contribution in [0, 0.1) is 10.1 Å². The van der Waals surface area contributed by atoms with E-state index in [0.717, 1.165) is 0 Å². The Morgan fingerprint density at radius 1 is 1.32 bits per heavy atom. The fourth-order valence-corrected chi connectivity index (χ4v) is 1.76. The van der Waals surface area contributed by atoms with Gasteiger partial charge in [-0.25, -0.2) is 0 Å². The van der Waals surface area contributed by atoms with E-state index in [4.69, 9.17) is 11.6 Å². The second kappa shape index (κ2) is 6.49. The van der Waals surface area contributed by atoms with Crippen molar-refractivity contribution in [2.24, 2.45) is 0 Å². The van der Waals surface area contributed by atoms with Crippen molar-refractivity contribution in [1.82, 2.24) is 9.80 Å². The molecule has 0 atom stereocenters. The lowest BCUT2D eigenvalue weighted by Gasteiger charge is -2.20. The van der Waals surface area contributed by atoms with Crippen molar-refractivity contribution in [3.05, 3.63) is 38.9 Å². The van der Waals surface area contributed by atoms with E-state index < -0.39 is 4.92 Å². The molecule has 0 aliphatic rings. The monoisotopic (exact) mass is 285 g/mol. The van der Waals surface area contributed by atoms with Crippen LogP contribution in [0.2, 0.25) is 5.02 Å². The van der Waals surface area contributed by atoms with Gasteiger partial charge in [-0.15, -0.1) is 0 Å². The lowest BCUT2D eigenvalue weighted by atomic mass is 10.1. The molecule has 0 fully saturated rings. The predicted molar refractivity (Wildman–Crippen MR) is 73.6 cm³/mol. The van der Waals surface area contributed by atoms with Crippen molar-refractivity contribution in [3.8, 4) is 0 Å². The summed E-state index contributed by atoms with van der Waals surface area (Å²) in [7, 11) is 5.44. The van der Waals surface area contributed by atoms with Crippen molar-refractivity contribution in [2.45, 2.75) is 0 Å². The highest BCUT2D eigenvalue weighted by Gasteiger charge is 2.21. The average Bonchev–Trinajstić information content (AvgIpc) is 2.34. The van der Waals surface area contributed by atoms with Crippen molar-refractivity contribution in [2.75, 3.05) is 34.2 Å². The van der Waals surface area contributed by atoms with Gasteiger partial charge in [-0.2, -0.15) is 0 Å². The fraction of sp³-hybridized carbons (Fsp3) is 0.417. The molecule has 7 heteroatoms. The van der Waals surface area contributed by atoms with Crippen LogP contribution in [0.1, 0.15) is 10.4 Å². The Labute approximate surface area is 116 Å². The second-order valence-electron chi connectivity index (χ2n) is 4.43. The Morgan fingerprint density at radius 2 is 1.95 bits per heavy atom. The normalized spacial score (nSPS) is 10.6. The molecule has 1 aromatic carbocycles. The van der Waals surface area contributed by atoms with Crippen LogP contribution in [-0.2, 0) is 0 Å². The summed E-state index contributed by atoms with van der Waals surface area (Å²) in [5.74, 6) is -0.324. The lowest BCUT2D eigenvalue weighted by Crippen LogP contribution is -2.33. The van der Waals surface area contributed by atoms with Crippen LogP contribution in [0.25, 0.3) is 0 Å². The van der Waals surface area contributed by atoms with Gasteiger partial charge in [0.2, 0.25) is 0 Å². The number of carbonyl (C=O) groups excluding carboxylic acids is 1. The van der Waals surface area contributed by atoms with Gasteiger partial charge in [0, 0.05) is 26.2 Å². The Bertz CT molecular complexity index is 491.